The third-order valence-corrected chi connectivity index (χ3v) is 8.97. The highest BCUT2D eigenvalue weighted by molar-refractivity contribution is 6.35. The van der Waals surface area contributed by atoms with Gasteiger partial charge in [0.15, 0.2) is 5.69 Å². The molecule has 8 nitrogen and oxygen atoms in total. The summed E-state index contributed by atoms with van der Waals surface area (Å²) in [4.78, 5) is 35.5. The number of carbonyl (C=O) groups excluding carboxylic acids is 2. The standard InChI is InChI=1S/C32H31Cl3N6O2/c1-20(16-22-5-7-23(33)8-6-22)30-21(2)29(37-41(30)28-10-9-24(34)17-26(28)35)32(43)40-18-25(19-40)38-12-14-39(15-13-38)31(42)27-4-3-11-36-27/h3-11,16-17,25,36H,12-15,18-19H2,1-2H3. The zero-order valence-electron chi connectivity index (χ0n) is 23.9. The molecule has 2 saturated heterocycles. The highest BCUT2D eigenvalue weighted by atomic mass is 35.5. The van der Waals surface area contributed by atoms with Crippen molar-refractivity contribution >= 4 is 58.3 Å². The predicted octanol–water partition coefficient (Wildman–Crippen LogP) is 6.31. The molecule has 0 unspecified atom stereocenters. The third-order valence-electron chi connectivity index (χ3n) is 8.19. The Bertz CT molecular complexity index is 1680. The van der Waals surface area contributed by atoms with Crippen molar-refractivity contribution in [3.8, 4) is 5.69 Å². The van der Waals surface area contributed by atoms with Crippen LogP contribution in [0.4, 0.5) is 0 Å². The second-order valence-electron chi connectivity index (χ2n) is 11.0. The van der Waals surface area contributed by atoms with Crippen LogP contribution < -0.4 is 0 Å². The van der Waals surface area contributed by atoms with E-state index in [1.54, 1.807) is 29.1 Å². The van der Waals surface area contributed by atoms with Crippen molar-refractivity contribution in [2.45, 2.75) is 19.9 Å². The number of nitrogens with zero attached hydrogens (tertiary/aromatic N) is 5. The number of carbonyl (C=O) groups is 2. The highest BCUT2D eigenvalue weighted by Crippen LogP contribution is 2.32. The summed E-state index contributed by atoms with van der Waals surface area (Å²) < 4.78 is 1.74. The van der Waals surface area contributed by atoms with Crippen LogP contribution in [0.1, 0.15) is 44.7 Å². The van der Waals surface area contributed by atoms with Gasteiger partial charge in [-0.05, 0) is 73.5 Å². The molecule has 1 N–H and O–H groups in total. The molecular weight excluding hydrogens is 607 g/mol. The van der Waals surface area contributed by atoms with Crippen LogP contribution in [0.25, 0.3) is 17.3 Å². The van der Waals surface area contributed by atoms with Crippen LogP contribution in [0, 0.1) is 6.92 Å². The summed E-state index contributed by atoms with van der Waals surface area (Å²) in [7, 11) is 0. The molecule has 0 atom stereocenters. The van der Waals surface area contributed by atoms with Gasteiger partial charge in [-0.2, -0.15) is 5.10 Å². The Morgan fingerprint density at radius 2 is 1.60 bits per heavy atom. The molecule has 4 heterocycles. The van der Waals surface area contributed by atoms with Crippen LogP contribution in [0.5, 0.6) is 0 Å². The van der Waals surface area contributed by atoms with Crippen LogP contribution in [-0.2, 0) is 0 Å². The zero-order valence-corrected chi connectivity index (χ0v) is 26.1. The Morgan fingerprint density at radius 1 is 0.907 bits per heavy atom. The number of allylic oxidation sites excluding steroid dienone is 1. The van der Waals surface area contributed by atoms with Crippen molar-refractivity contribution in [3.63, 3.8) is 0 Å². The van der Waals surface area contributed by atoms with Crippen LogP contribution in [-0.4, -0.2) is 86.6 Å². The van der Waals surface area contributed by atoms with Crippen molar-refractivity contribution in [1.29, 1.82) is 0 Å². The van der Waals surface area contributed by atoms with E-state index < -0.39 is 0 Å². The Kier molecular flexibility index (Phi) is 8.38. The molecule has 43 heavy (non-hydrogen) atoms. The zero-order chi connectivity index (χ0) is 30.2. The Balaban J connectivity index is 1.20. The van der Waals surface area contributed by atoms with Gasteiger partial charge in [0.1, 0.15) is 5.69 Å². The molecule has 0 saturated carbocycles. The van der Waals surface area contributed by atoms with E-state index in [1.807, 2.05) is 66.1 Å². The number of hydrogen-bond donors (Lipinski definition) is 1. The van der Waals surface area contributed by atoms with E-state index in [-0.39, 0.29) is 17.9 Å². The smallest absolute Gasteiger partial charge is 0.274 e. The lowest BCUT2D eigenvalue weighted by molar-refractivity contribution is 0.00807. The van der Waals surface area contributed by atoms with E-state index in [4.69, 9.17) is 39.9 Å². The fourth-order valence-electron chi connectivity index (χ4n) is 5.79. The van der Waals surface area contributed by atoms with Gasteiger partial charge in [-0.3, -0.25) is 14.5 Å². The molecule has 2 aromatic carbocycles. The maximum atomic E-state index is 13.8. The maximum absolute atomic E-state index is 13.8. The Hall–Kier alpha value is -3.56. The Labute approximate surface area is 265 Å². The minimum atomic E-state index is -0.112. The summed E-state index contributed by atoms with van der Waals surface area (Å²) in [5, 5.41) is 6.44. The van der Waals surface area contributed by atoms with Gasteiger partial charge in [0.2, 0.25) is 0 Å². The first-order chi connectivity index (χ1) is 20.7. The number of halogens is 3. The van der Waals surface area contributed by atoms with E-state index in [9.17, 15) is 9.59 Å². The summed E-state index contributed by atoms with van der Waals surface area (Å²) in [5.41, 5.74) is 5.11. The fraction of sp³-hybridized carbons (Fsp3) is 0.281. The van der Waals surface area contributed by atoms with Crippen molar-refractivity contribution < 1.29 is 9.59 Å². The molecule has 2 aromatic heterocycles. The van der Waals surface area contributed by atoms with Gasteiger partial charge in [0.05, 0.1) is 16.4 Å². The lowest BCUT2D eigenvalue weighted by Gasteiger charge is -2.47. The van der Waals surface area contributed by atoms with Gasteiger partial charge in [0, 0.05) is 67.1 Å². The average molecular weight is 638 g/mol. The molecule has 6 rings (SSSR count). The Morgan fingerprint density at radius 3 is 2.26 bits per heavy atom. The van der Waals surface area contributed by atoms with Gasteiger partial charge in [0.25, 0.3) is 11.8 Å². The molecule has 11 heteroatoms. The SMILES string of the molecule is CC(=Cc1ccc(Cl)cc1)c1c(C)c(C(=O)N2CC(N3CCN(C(=O)c4ccc[nH]4)CC3)C2)nn1-c1ccc(Cl)cc1Cl. The van der Waals surface area contributed by atoms with Crippen LogP contribution in [0.3, 0.4) is 0 Å². The van der Waals surface area contributed by atoms with Crippen molar-refractivity contribution in [3.05, 3.63) is 104 Å². The number of aromatic amines is 1. The fourth-order valence-corrected chi connectivity index (χ4v) is 6.41. The molecule has 0 radical (unpaired) electrons. The molecule has 2 aliphatic rings. The summed E-state index contributed by atoms with van der Waals surface area (Å²) in [6.45, 7) is 8.03. The van der Waals surface area contributed by atoms with Gasteiger partial charge in [-0.1, -0.05) is 46.9 Å². The molecule has 222 valence electrons. The number of H-pyrrole nitrogens is 1. The average Bonchev–Trinajstić information content (AvgIpc) is 3.62. The summed E-state index contributed by atoms with van der Waals surface area (Å²) in [6.07, 6.45) is 3.80. The monoisotopic (exact) mass is 636 g/mol. The molecule has 0 bridgehead atoms. The first-order valence-corrected chi connectivity index (χ1v) is 15.3. The molecule has 4 aromatic rings. The number of hydrogen-bond acceptors (Lipinski definition) is 4. The quantitative estimate of drug-likeness (QED) is 0.269. The predicted molar refractivity (Wildman–Crippen MR) is 171 cm³/mol. The number of amides is 2. The van der Waals surface area contributed by atoms with Gasteiger partial charge < -0.3 is 14.8 Å². The number of piperazine rings is 1. The molecule has 2 amide bonds. The lowest BCUT2D eigenvalue weighted by atomic mass is 10.0. The van der Waals surface area contributed by atoms with Crippen LogP contribution >= 0.6 is 34.8 Å². The van der Waals surface area contributed by atoms with Crippen LogP contribution in [0.15, 0.2) is 60.8 Å². The summed E-state index contributed by atoms with van der Waals surface area (Å²) in [5.74, 6) is -0.0863. The van der Waals surface area contributed by atoms with Crippen molar-refractivity contribution in [2.24, 2.45) is 0 Å². The minimum Gasteiger partial charge on any atom is -0.357 e. The van der Waals surface area contributed by atoms with E-state index in [1.165, 1.54) is 0 Å². The highest BCUT2D eigenvalue weighted by Gasteiger charge is 2.39. The van der Waals surface area contributed by atoms with Crippen LogP contribution in [0.2, 0.25) is 15.1 Å². The van der Waals surface area contributed by atoms with Gasteiger partial charge in [-0.15, -0.1) is 0 Å². The lowest BCUT2D eigenvalue weighted by Crippen LogP contribution is -2.64. The number of benzene rings is 2. The largest absolute Gasteiger partial charge is 0.357 e. The number of likely N-dealkylation sites (tertiary alicyclic amines) is 1. The molecule has 0 aliphatic carbocycles. The van der Waals surface area contributed by atoms with E-state index >= 15 is 0 Å². The molecular formula is C32H31Cl3N6O2. The maximum Gasteiger partial charge on any atom is 0.274 e. The number of aromatic nitrogens is 3. The summed E-state index contributed by atoms with van der Waals surface area (Å²) >= 11 is 18.9. The van der Waals surface area contributed by atoms with E-state index in [2.05, 4.69) is 9.88 Å². The summed E-state index contributed by atoms with van der Waals surface area (Å²) in [6, 6.07) is 16.7. The first kappa shape index (κ1) is 29.5. The van der Waals surface area contributed by atoms with Gasteiger partial charge in [-0.25, -0.2) is 4.68 Å². The molecule has 2 fully saturated rings. The van der Waals surface area contributed by atoms with E-state index in [0.29, 0.717) is 58.3 Å². The second kappa shape index (κ2) is 12.2. The minimum absolute atomic E-state index is 0.0260. The van der Waals surface area contributed by atoms with Crippen molar-refractivity contribution in [2.75, 3.05) is 39.3 Å². The molecule has 2 aliphatic heterocycles. The first-order valence-electron chi connectivity index (χ1n) is 14.1. The third kappa shape index (κ3) is 5.97. The number of rotatable bonds is 6. The normalized spacial score (nSPS) is 16.4. The number of nitrogens with one attached hydrogen (secondary N) is 1. The second-order valence-corrected chi connectivity index (χ2v) is 12.3. The molecule has 0 spiro atoms. The topological polar surface area (TPSA) is 77.5 Å². The van der Waals surface area contributed by atoms with Crippen molar-refractivity contribution in [1.82, 2.24) is 29.5 Å². The van der Waals surface area contributed by atoms with Gasteiger partial charge >= 0.3 is 0 Å². The van der Waals surface area contributed by atoms with E-state index in [0.717, 1.165) is 35.5 Å².